The largest absolute Gasteiger partial charge is 0.389 e. The molecule has 2 atom stereocenters. The molecule has 0 amide bonds. The quantitative estimate of drug-likeness (QED) is 0.530. The Morgan fingerprint density at radius 2 is 2.09 bits per heavy atom. The van der Waals surface area contributed by atoms with E-state index in [-0.39, 0.29) is 48.1 Å². The smallest absolute Gasteiger partial charge is 0.267 e. The van der Waals surface area contributed by atoms with E-state index < -0.39 is 24.4 Å². The van der Waals surface area contributed by atoms with E-state index in [1.165, 1.54) is 17.2 Å². The van der Waals surface area contributed by atoms with Gasteiger partial charge >= 0.3 is 0 Å². The van der Waals surface area contributed by atoms with Crippen molar-refractivity contribution in [3.63, 3.8) is 0 Å². The minimum absolute atomic E-state index is 0.0986. The fourth-order valence-electron chi connectivity index (χ4n) is 4.61. The summed E-state index contributed by atoms with van der Waals surface area (Å²) in [5, 5.41) is 13.5. The zero-order chi connectivity index (χ0) is 24.9. The highest BCUT2D eigenvalue weighted by atomic mass is 35.5. The van der Waals surface area contributed by atoms with Crippen LogP contribution in [0.5, 0.6) is 0 Å². The van der Waals surface area contributed by atoms with Crippen molar-refractivity contribution in [2.75, 3.05) is 36.5 Å². The van der Waals surface area contributed by atoms with Crippen LogP contribution in [0.15, 0.2) is 18.3 Å². The number of ether oxygens (including phenoxy) is 1. The summed E-state index contributed by atoms with van der Waals surface area (Å²) in [4.78, 5) is 14.6. The number of aliphatic hydroxyl groups excluding tert-OH is 1. The average Bonchev–Trinajstić information content (AvgIpc) is 3.36. The number of aromatic nitrogens is 4. The molecule has 0 unspecified atom stereocenters. The van der Waals surface area contributed by atoms with Crippen molar-refractivity contribution in [1.82, 2.24) is 19.5 Å². The first kappa shape index (κ1) is 24.1. The molecule has 0 bridgehead atoms. The number of nitrogens with one attached hydrogen (secondary N) is 1. The van der Waals surface area contributed by atoms with E-state index in [0.717, 1.165) is 0 Å². The summed E-state index contributed by atoms with van der Waals surface area (Å²) >= 11 is 6.39. The lowest BCUT2D eigenvalue weighted by Crippen LogP contribution is -2.42. The number of nitrogens with zero attached hydrogens (tertiary/aromatic N) is 5. The lowest BCUT2D eigenvalue weighted by Gasteiger charge is -2.28. The number of fused-ring (bicyclic) bond motifs is 1. The minimum atomic E-state index is -2.81. The van der Waals surface area contributed by atoms with E-state index in [2.05, 4.69) is 20.3 Å². The number of imidazole rings is 1. The van der Waals surface area contributed by atoms with Crippen LogP contribution in [0.1, 0.15) is 32.7 Å². The highest BCUT2D eigenvalue weighted by molar-refractivity contribution is 6.33. The molecule has 2 N–H and O–H groups in total. The van der Waals surface area contributed by atoms with Gasteiger partial charge in [-0.15, -0.1) is 0 Å². The minimum Gasteiger partial charge on any atom is -0.389 e. The standard InChI is InChI=1S/C23H26ClF3N6O2/c1-12(2)33-17-8-13(7-15(25)20(17)31-22(33)32-5-4-23(26,27)11-32)19-14(24)9-28-21(30-19)29-16-3-6-35-10-18(16)34/h7-9,12,16,18,34H,3-6,10-11H2,1-2H3,(H,28,29,30)/t16-,18-/m1/s1. The van der Waals surface area contributed by atoms with E-state index in [4.69, 9.17) is 16.3 Å². The molecule has 0 spiro atoms. The molecule has 2 fully saturated rings. The molecule has 35 heavy (non-hydrogen) atoms. The molecule has 188 valence electrons. The van der Waals surface area contributed by atoms with Crippen LogP contribution in [-0.2, 0) is 4.74 Å². The van der Waals surface area contributed by atoms with Gasteiger partial charge in [0, 0.05) is 31.2 Å². The van der Waals surface area contributed by atoms with Crippen molar-refractivity contribution in [3.05, 3.63) is 29.2 Å². The second kappa shape index (κ2) is 9.11. The van der Waals surface area contributed by atoms with Crippen molar-refractivity contribution < 1.29 is 23.0 Å². The molecule has 4 heterocycles. The monoisotopic (exact) mass is 510 g/mol. The third kappa shape index (κ3) is 4.64. The van der Waals surface area contributed by atoms with Crippen molar-refractivity contribution >= 4 is 34.5 Å². The van der Waals surface area contributed by atoms with Gasteiger partial charge in [-0.05, 0) is 32.4 Å². The van der Waals surface area contributed by atoms with Crippen LogP contribution in [0, 0.1) is 5.82 Å². The second-order valence-electron chi connectivity index (χ2n) is 9.30. The molecule has 3 aromatic rings. The number of hydrogen-bond acceptors (Lipinski definition) is 7. The Bertz CT molecular complexity index is 1250. The van der Waals surface area contributed by atoms with Gasteiger partial charge in [0.2, 0.25) is 11.9 Å². The fourth-order valence-corrected chi connectivity index (χ4v) is 4.81. The third-order valence-corrected chi connectivity index (χ3v) is 6.63. The molecule has 0 saturated carbocycles. The summed E-state index contributed by atoms with van der Waals surface area (Å²) in [7, 11) is 0. The lowest BCUT2D eigenvalue weighted by atomic mass is 10.1. The second-order valence-corrected chi connectivity index (χ2v) is 9.71. The number of aliphatic hydroxyl groups is 1. The molecule has 2 saturated heterocycles. The molecule has 0 aliphatic carbocycles. The summed E-state index contributed by atoms with van der Waals surface area (Å²) < 4.78 is 50.1. The van der Waals surface area contributed by atoms with Crippen LogP contribution in [0.4, 0.5) is 25.1 Å². The highest BCUT2D eigenvalue weighted by Gasteiger charge is 2.40. The maximum Gasteiger partial charge on any atom is 0.267 e. The van der Waals surface area contributed by atoms with Gasteiger partial charge < -0.3 is 24.6 Å². The van der Waals surface area contributed by atoms with Gasteiger partial charge in [0.15, 0.2) is 5.82 Å². The molecule has 5 rings (SSSR count). The van der Waals surface area contributed by atoms with E-state index in [9.17, 15) is 13.9 Å². The predicted molar refractivity (Wildman–Crippen MR) is 127 cm³/mol. The topological polar surface area (TPSA) is 88.3 Å². The van der Waals surface area contributed by atoms with E-state index >= 15 is 4.39 Å². The zero-order valence-electron chi connectivity index (χ0n) is 19.3. The number of alkyl halides is 2. The van der Waals surface area contributed by atoms with Gasteiger partial charge in [-0.2, -0.15) is 0 Å². The zero-order valence-corrected chi connectivity index (χ0v) is 20.1. The number of hydrogen-bond donors (Lipinski definition) is 2. The van der Waals surface area contributed by atoms with Crippen molar-refractivity contribution in [3.8, 4) is 11.3 Å². The number of halogens is 4. The summed E-state index contributed by atoms with van der Waals surface area (Å²) in [6, 6.07) is 2.54. The molecular weight excluding hydrogens is 485 g/mol. The molecule has 12 heteroatoms. The normalized spacial score (nSPS) is 22.3. The van der Waals surface area contributed by atoms with E-state index in [1.54, 1.807) is 10.6 Å². The van der Waals surface area contributed by atoms with Crippen molar-refractivity contribution in [1.29, 1.82) is 0 Å². The van der Waals surface area contributed by atoms with Gasteiger partial charge in [0.1, 0.15) is 5.52 Å². The highest BCUT2D eigenvalue weighted by Crippen LogP contribution is 2.37. The third-order valence-electron chi connectivity index (χ3n) is 6.36. The molecule has 1 aromatic carbocycles. The SMILES string of the molecule is CC(C)n1c(N2CCC(F)(F)C2)nc2c(F)cc(-c3nc(N[C@@H]4CCOC[C@H]4O)ncc3Cl)cc21. The number of rotatable bonds is 5. The first-order valence-electron chi connectivity index (χ1n) is 11.5. The fraction of sp³-hybridized carbons (Fsp3) is 0.522. The number of benzene rings is 1. The molecular formula is C23H26ClF3N6O2. The van der Waals surface area contributed by atoms with Crippen LogP contribution in [0.25, 0.3) is 22.3 Å². The molecule has 2 aliphatic rings. The summed E-state index contributed by atoms with van der Waals surface area (Å²) in [5.41, 5.74) is 1.26. The predicted octanol–water partition coefficient (Wildman–Crippen LogP) is 4.27. The van der Waals surface area contributed by atoms with Crippen molar-refractivity contribution in [2.24, 2.45) is 0 Å². The van der Waals surface area contributed by atoms with Gasteiger partial charge in [0.25, 0.3) is 5.92 Å². The van der Waals surface area contributed by atoms with Gasteiger partial charge in [-0.1, -0.05) is 11.6 Å². The van der Waals surface area contributed by atoms with Crippen molar-refractivity contribution in [2.45, 2.75) is 50.8 Å². The van der Waals surface area contributed by atoms with Crippen LogP contribution in [0.3, 0.4) is 0 Å². The molecule has 8 nitrogen and oxygen atoms in total. The van der Waals surface area contributed by atoms with E-state index in [0.29, 0.717) is 35.8 Å². The molecule has 2 aliphatic heterocycles. The van der Waals surface area contributed by atoms with Crippen LogP contribution >= 0.6 is 11.6 Å². The average molecular weight is 511 g/mol. The summed E-state index contributed by atoms with van der Waals surface area (Å²) in [5.74, 6) is -2.85. The van der Waals surface area contributed by atoms with Gasteiger partial charge in [-0.25, -0.2) is 28.1 Å². The van der Waals surface area contributed by atoms with E-state index in [1.807, 2.05) is 13.8 Å². The first-order valence-corrected chi connectivity index (χ1v) is 11.9. The van der Waals surface area contributed by atoms with Gasteiger partial charge in [-0.3, -0.25) is 0 Å². The summed E-state index contributed by atoms with van der Waals surface area (Å²) in [6.07, 6.45) is 1.01. The van der Waals surface area contributed by atoms with Crippen LogP contribution in [0.2, 0.25) is 5.02 Å². The Morgan fingerprint density at radius 1 is 1.29 bits per heavy atom. The van der Waals surface area contributed by atoms with Crippen LogP contribution in [-0.4, -0.2) is 69.0 Å². The lowest BCUT2D eigenvalue weighted by molar-refractivity contribution is -0.0136. The maximum absolute atomic E-state index is 15.3. The molecule has 0 radical (unpaired) electrons. The Hall–Kier alpha value is -2.63. The number of anilines is 2. The van der Waals surface area contributed by atoms with Crippen LogP contribution < -0.4 is 10.2 Å². The summed E-state index contributed by atoms with van der Waals surface area (Å²) in [6.45, 7) is 4.18. The van der Waals surface area contributed by atoms with Gasteiger partial charge in [0.05, 0.1) is 47.7 Å². The Labute approximate surface area is 205 Å². The Balaban J connectivity index is 1.56. The maximum atomic E-state index is 15.3. The first-order chi connectivity index (χ1) is 16.6. The Morgan fingerprint density at radius 3 is 2.77 bits per heavy atom. The molecule has 2 aromatic heterocycles. The Kier molecular flexibility index (Phi) is 6.27.